The molecule has 0 aromatic carbocycles. The Balaban J connectivity index is 1.81. The molecule has 18 heavy (non-hydrogen) atoms. The molecule has 4 nitrogen and oxygen atoms in total. The Kier molecular flexibility index (Phi) is 4.62. The average molecular weight is 253 g/mol. The molecule has 0 aromatic rings. The summed E-state index contributed by atoms with van der Waals surface area (Å²) < 4.78 is 0. The molecule has 2 rings (SSSR count). The van der Waals surface area contributed by atoms with E-state index in [4.69, 9.17) is 5.73 Å². The van der Waals surface area contributed by atoms with E-state index in [-0.39, 0.29) is 11.8 Å². The lowest BCUT2D eigenvalue weighted by Crippen LogP contribution is -2.49. The fraction of sp³-hybridized carbons (Fsp3) is 0.929. The second-order valence-corrected chi connectivity index (χ2v) is 6.29. The van der Waals surface area contributed by atoms with Gasteiger partial charge in [0.15, 0.2) is 0 Å². The van der Waals surface area contributed by atoms with Crippen molar-refractivity contribution in [3.8, 4) is 0 Å². The van der Waals surface area contributed by atoms with Gasteiger partial charge in [0.1, 0.15) is 0 Å². The van der Waals surface area contributed by atoms with Crippen LogP contribution in [-0.4, -0.2) is 44.0 Å². The summed E-state index contributed by atoms with van der Waals surface area (Å²) in [5, 5.41) is 3.07. The topological polar surface area (TPSA) is 58.4 Å². The smallest absolute Gasteiger partial charge is 0.223 e. The number of fused-ring (bicyclic) bond motifs is 2. The number of carbonyl (C=O) groups excluding carboxylic acids is 1. The zero-order valence-corrected chi connectivity index (χ0v) is 11.7. The molecule has 0 heterocycles. The van der Waals surface area contributed by atoms with Gasteiger partial charge in [-0.1, -0.05) is 6.42 Å². The Morgan fingerprint density at radius 2 is 1.89 bits per heavy atom. The molecule has 2 aliphatic rings. The minimum atomic E-state index is 0.210. The van der Waals surface area contributed by atoms with Crippen LogP contribution in [0.1, 0.15) is 32.1 Å². The molecule has 0 spiro atoms. The van der Waals surface area contributed by atoms with Gasteiger partial charge in [-0.2, -0.15) is 0 Å². The van der Waals surface area contributed by atoms with Gasteiger partial charge in [0.25, 0.3) is 0 Å². The van der Waals surface area contributed by atoms with Crippen molar-refractivity contribution < 1.29 is 4.79 Å². The number of amides is 1. The van der Waals surface area contributed by atoms with Crippen molar-refractivity contribution in [1.82, 2.24) is 10.2 Å². The van der Waals surface area contributed by atoms with Crippen LogP contribution in [0.4, 0.5) is 0 Å². The fourth-order valence-corrected chi connectivity index (χ4v) is 3.55. The molecule has 4 heteroatoms. The van der Waals surface area contributed by atoms with E-state index in [1.165, 1.54) is 19.3 Å². The van der Waals surface area contributed by atoms with Crippen molar-refractivity contribution in [2.45, 2.75) is 38.1 Å². The first-order valence-electron chi connectivity index (χ1n) is 7.26. The summed E-state index contributed by atoms with van der Waals surface area (Å²) in [5.74, 6) is 1.63. The van der Waals surface area contributed by atoms with Crippen molar-refractivity contribution in [3.05, 3.63) is 0 Å². The lowest BCUT2D eigenvalue weighted by molar-refractivity contribution is -0.127. The molecule has 0 radical (unpaired) electrons. The van der Waals surface area contributed by atoms with Crippen molar-refractivity contribution in [2.24, 2.45) is 23.5 Å². The van der Waals surface area contributed by atoms with Crippen molar-refractivity contribution in [3.63, 3.8) is 0 Å². The summed E-state index contributed by atoms with van der Waals surface area (Å²) in [6, 6.07) is 0.351. The zero-order chi connectivity index (χ0) is 13.1. The fourth-order valence-electron chi connectivity index (χ4n) is 3.55. The van der Waals surface area contributed by atoms with Crippen LogP contribution >= 0.6 is 0 Å². The van der Waals surface area contributed by atoms with Crippen LogP contribution in [0.2, 0.25) is 0 Å². The first-order valence-corrected chi connectivity index (χ1v) is 7.26. The van der Waals surface area contributed by atoms with E-state index in [9.17, 15) is 4.79 Å². The quantitative estimate of drug-likeness (QED) is 0.780. The normalized spacial score (nSPS) is 35.6. The molecule has 0 saturated heterocycles. The molecule has 3 N–H and O–H groups in total. The van der Waals surface area contributed by atoms with Gasteiger partial charge in [-0.3, -0.25) is 4.79 Å². The maximum atomic E-state index is 12.1. The van der Waals surface area contributed by atoms with Crippen molar-refractivity contribution in [2.75, 3.05) is 27.2 Å². The van der Waals surface area contributed by atoms with E-state index in [2.05, 4.69) is 10.2 Å². The standard InChI is InChI=1S/C14H27N3O/c1-17(2)7-6-16-14(18)12-8-10-4-3-5-11(9-12)13(10)15/h10-13H,3-9,15H2,1-2H3,(H,16,18). The summed E-state index contributed by atoms with van der Waals surface area (Å²) in [4.78, 5) is 14.2. The molecule has 0 aromatic heterocycles. The number of hydrogen-bond acceptors (Lipinski definition) is 3. The SMILES string of the molecule is CN(C)CCNC(=O)C1CC2CCCC(C1)C2N. The van der Waals surface area contributed by atoms with Crippen molar-refractivity contribution in [1.29, 1.82) is 0 Å². The van der Waals surface area contributed by atoms with Gasteiger partial charge in [0.05, 0.1) is 0 Å². The number of nitrogens with one attached hydrogen (secondary N) is 1. The Labute approximate surface area is 110 Å². The third-order valence-electron chi connectivity index (χ3n) is 4.64. The molecule has 2 saturated carbocycles. The summed E-state index contributed by atoms with van der Waals surface area (Å²) in [7, 11) is 4.05. The van der Waals surface area contributed by atoms with E-state index in [0.29, 0.717) is 17.9 Å². The number of nitrogens with two attached hydrogens (primary N) is 1. The van der Waals surface area contributed by atoms with Crippen LogP contribution in [-0.2, 0) is 4.79 Å². The Morgan fingerprint density at radius 3 is 2.44 bits per heavy atom. The first kappa shape index (κ1) is 13.8. The van der Waals surface area contributed by atoms with Gasteiger partial charge < -0.3 is 16.0 Å². The summed E-state index contributed by atoms with van der Waals surface area (Å²) in [6.07, 6.45) is 5.76. The number of nitrogens with zero attached hydrogens (tertiary/aromatic N) is 1. The second-order valence-electron chi connectivity index (χ2n) is 6.29. The van der Waals surface area contributed by atoms with Gasteiger partial charge in [-0.25, -0.2) is 0 Å². The summed E-state index contributed by atoms with van der Waals surface area (Å²) >= 11 is 0. The highest BCUT2D eigenvalue weighted by molar-refractivity contribution is 5.78. The van der Waals surface area contributed by atoms with Crippen LogP contribution in [0.15, 0.2) is 0 Å². The lowest BCUT2D eigenvalue weighted by Gasteiger charge is -2.43. The predicted octanol–water partition coefficient (Wildman–Crippen LogP) is 0.818. The molecule has 2 bridgehead atoms. The number of rotatable bonds is 4. The second kappa shape index (κ2) is 6.02. The van der Waals surface area contributed by atoms with E-state index >= 15 is 0 Å². The highest BCUT2D eigenvalue weighted by atomic mass is 16.1. The van der Waals surface area contributed by atoms with Crippen LogP contribution in [0.5, 0.6) is 0 Å². The molecule has 2 atom stereocenters. The highest BCUT2D eigenvalue weighted by Gasteiger charge is 2.40. The van der Waals surface area contributed by atoms with Gasteiger partial charge in [-0.05, 0) is 51.6 Å². The van der Waals surface area contributed by atoms with E-state index in [1.807, 2.05) is 14.1 Å². The third kappa shape index (κ3) is 3.23. The number of likely N-dealkylation sites (N-methyl/N-ethyl adjacent to an activating group) is 1. The lowest BCUT2D eigenvalue weighted by atomic mass is 9.65. The Hall–Kier alpha value is -0.610. The third-order valence-corrected chi connectivity index (χ3v) is 4.64. The first-order chi connectivity index (χ1) is 8.58. The molecule has 2 fully saturated rings. The van der Waals surface area contributed by atoms with E-state index in [0.717, 1.165) is 25.9 Å². The molecular weight excluding hydrogens is 226 g/mol. The molecule has 0 aliphatic heterocycles. The zero-order valence-electron chi connectivity index (χ0n) is 11.7. The average Bonchev–Trinajstić information content (AvgIpc) is 2.27. The molecular formula is C14H27N3O. The largest absolute Gasteiger partial charge is 0.355 e. The maximum Gasteiger partial charge on any atom is 0.223 e. The van der Waals surface area contributed by atoms with Crippen molar-refractivity contribution >= 4 is 5.91 Å². The van der Waals surface area contributed by atoms with Gasteiger partial charge in [0, 0.05) is 25.0 Å². The summed E-state index contributed by atoms with van der Waals surface area (Å²) in [6.45, 7) is 1.66. The molecule has 2 aliphatic carbocycles. The minimum Gasteiger partial charge on any atom is -0.355 e. The van der Waals surface area contributed by atoms with Crippen LogP contribution in [0, 0.1) is 17.8 Å². The highest BCUT2D eigenvalue weighted by Crippen LogP contribution is 2.41. The molecule has 104 valence electrons. The number of hydrogen-bond donors (Lipinski definition) is 2. The van der Waals surface area contributed by atoms with Crippen LogP contribution in [0.3, 0.4) is 0 Å². The van der Waals surface area contributed by atoms with E-state index in [1.54, 1.807) is 0 Å². The van der Waals surface area contributed by atoms with Crippen LogP contribution < -0.4 is 11.1 Å². The monoisotopic (exact) mass is 253 g/mol. The molecule has 1 amide bonds. The summed E-state index contributed by atoms with van der Waals surface area (Å²) in [5.41, 5.74) is 6.25. The van der Waals surface area contributed by atoms with Crippen LogP contribution in [0.25, 0.3) is 0 Å². The number of carbonyl (C=O) groups is 1. The molecule has 2 unspecified atom stereocenters. The van der Waals surface area contributed by atoms with Gasteiger partial charge in [0.2, 0.25) is 5.91 Å². The Bertz CT molecular complexity index is 279. The van der Waals surface area contributed by atoms with Gasteiger partial charge in [-0.15, -0.1) is 0 Å². The minimum absolute atomic E-state index is 0.210. The van der Waals surface area contributed by atoms with E-state index < -0.39 is 0 Å². The van der Waals surface area contributed by atoms with Gasteiger partial charge >= 0.3 is 0 Å². The Morgan fingerprint density at radius 1 is 1.28 bits per heavy atom. The predicted molar refractivity (Wildman–Crippen MR) is 73.1 cm³/mol. The maximum absolute atomic E-state index is 12.1.